The van der Waals surface area contributed by atoms with Gasteiger partial charge in [-0.1, -0.05) is 34.4 Å². The highest BCUT2D eigenvalue weighted by Crippen LogP contribution is 2.15. The van der Waals surface area contributed by atoms with Crippen LogP contribution in [0.2, 0.25) is 0 Å². The lowest BCUT2D eigenvalue weighted by Gasteiger charge is -2.00. The fourth-order valence-corrected chi connectivity index (χ4v) is 1.44. The summed E-state index contributed by atoms with van der Waals surface area (Å²) in [6.07, 6.45) is 4.89. The molecule has 1 aliphatic rings. The zero-order chi connectivity index (χ0) is 8.10. The van der Waals surface area contributed by atoms with Crippen LogP contribution >= 0.6 is 15.9 Å². The Labute approximate surface area is 76.1 Å². The molecule has 0 saturated carbocycles. The molecule has 1 atom stereocenters. The van der Waals surface area contributed by atoms with Gasteiger partial charge in [-0.15, -0.1) is 0 Å². The smallest absolute Gasteiger partial charge is 0.142 e. The van der Waals surface area contributed by atoms with Gasteiger partial charge in [0.05, 0.1) is 5.71 Å². The average molecular weight is 220 g/mol. The Morgan fingerprint density at radius 3 is 3.09 bits per heavy atom. The van der Waals surface area contributed by atoms with Gasteiger partial charge < -0.3 is 4.84 Å². The first-order valence-corrected chi connectivity index (χ1v) is 5.26. The molecule has 11 heavy (non-hydrogen) atoms. The molecule has 0 radical (unpaired) electrons. The minimum atomic E-state index is 0.293. The van der Waals surface area contributed by atoms with E-state index in [0.29, 0.717) is 6.10 Å². The van der Waals surface area contributed by atoms with Crippen LogP contribution in [0.25, 0.3) is 0 Å². The molecular formula is C8H14BrNO. The second-order valence-electron chi connectivity index (χ2n) is 2.85. The minimum absolute atomic E-state index is 0.293. The van der Waals surface area contributed by atoms with E-state index in [2.05, 4.69) is 28.0 Å². The average Bonchev–Trinajstić information content (AvgIpc) is 2.48. The van der Waals surface area contributed by atoms with E-state index in [4.69, 9.17) is 4.84 Å². The van der Waals surface area contributed by atoms with Gasteiger partial charge in [0.2, 0.25) is 0 Å². The molecule has 0 aromatic carbocycles. The second-order valence-corrected chi connectivity index (χ2v) is 3.49. The van der Waals surface area contributed by atoms with E-state index in [1.165, 1.54) is 18.6 Å². The van der Waals surface area contributed by atoms with Crippen LogP contribution < -0.4 is 0 Å². The summed E-state index contributed by atoms with van der Waals surface area (Å²) in [6.45, 7) is 2.19. The predicted octanol–water partition coefficient (Wildman–Crippen LogP) is 2.72. The number of oxime groups is 1. The molecular weight excluding hydrogens is 206 g/mol. The van der Waals surface area contributed by atoms with Gasteiger partial charge in [-0.3, -0.25) is 0 Å². The lowest BCUT2D eigenvalue weighted by molar-refractivity contribution is 0.104. The van der Waals surface area contributed by atoms with Crippen molar-refractivity contribution in [1.29, 1.82) is 0 Å². The molecule has 0 spiro atoms. The van der Waals surface area contributed by atoms with Crippen LogP contribution in [0, 0.1) is 0 Å². The lowest BCUT2D eigenvalue weighted by Crippen LogP contribution is -2.08. The normalized spacial score (nSPS) is 23.1. The van der Waals surface area contributed by atoms with E-state index in [0.717, 1.165) is 18.2 Å². The van der Waals surface area contributed by atoms with Crippen molar-refractivity contribution in [1.82, 2.24) is 0 Å². The summed E-state index contributed by atoms with van der Waals surface area (Å²) >= 11 is 3.37. The fourth-order valence-electron chi connectivity index (χ4n) is 1.10. The van der Waals surface area contributed by atoms with Crippen molar-refractivity contribution in [3.63, 3.8) is 0 Å². The largest absolute Gasteiger partial charge is 0.391 e. The van der Waals surface area contributed by atoms with Crippen molar-refractivity contribution in [2.45, 2.75) is 38.7 Å². The third-order valence-electron chi connectivity index (χ3n) is 1.79. The highest BCUT2D eigenvalue weighted by Gasteiger charge is 2.18. The van der Waals surface area contributed by atoms with Gasteiger partial charge in [-0.2, -0.15) is 0 Å². The summed E-state index contributed by atoms with van der Waals surface area (Å²) in [7, 11) is 0. The molecule has 1 rings (SSSR count). The van der Waals surface area contributed by atoms with Crippen LogP contribution in [0.1, 0.15) is 32.6 Å². The Morgan fingerprint density at radius 2 is 2.55 bits per heavy atom. The van der Waals surface area contributed by atoms with E-state index in [1.54, 1.807) is 0 Å². The summed E-state index contributed by atoms with van der Waals surface area (Å²) in [6, 6.07) is 0. The maximum absolute atomic E-state index is 5.15. The van der Waals surface area contributed by atoms with Gasteiger partial charge in [0.15, 0.2) is 0 Å². The zero-order valence-corrected chi connectivity index (χ0v) is 8.43. The Kier molecular flexibility index (Phi) is 3.91. The van der Waals surface area contributed by atoms with Crippen molar-refractivity contribution in [3.8, 4) is 0 Å². The van der Waals surface area contributed by atoms with Gasteiger partial charge in [-0.05, 0) is 12.8 Å². The number of alkyl halides is 1. The molecule has 0 aliphatic carbocycles. The third-order valence-corrected chi connectivity index (χ3v) is 2.51. The lowest BCUT2D eigenvalue weighted by atomic mass is 10.1. The maximum Gasteiger partial charge on any atom is 0.142 e. The van der Waals surface area contributed by atoms with Gasteiger partial charge in [0.1, 0.15) is 6.10 Å². The fraction of sp³-hybridized carbons (Fsp3) is 0.875. The SMILES string of the molecule is CCCCC1=NOC(CBr)C1. The van der Waals surface area contributed by atoms with E-state index in [-0.39, 0.29) is 0 Å². The topological polar surface area (TPSA) is 21.6 Å². The van der Waals surface area contributed by atoms with E-state index in [1.807, 2.05) is 0 Å². The Bertz CT molecular complexity index is 147. The minimum Gasteiger partial charge on any atom is -0.391 e. The van der Waals surface area contributed by atoms with Crippen LogP contribution in [0.15, 0.2) is 5.16 Å². The van der Waals surface area contributed by atoms with Gasteiger partial charge in [0.25, 0.3) is 0 Å². The first kappa shape index (κ1) is 9.04. The van der Waals surface area contributed by atoms with Gasteiger partial charge in [-0.25, -0.2) is 0 Å². The number of hydrogen-bond acceptors (Lipinski definition) is 2. The van der Waals surface area contributed by atoms with Gasteiger partial charge in [0, 0.05) is 11.8 Å². The van der Waals surface area contributed by atoms with E-state index >= 15 is 0 Å². The third kappa shape index (κ3) is 2.81. The highest BCUT2D eigenvalue weighted by molar-refractivity contribution is 9.09. The molecule has 0 amide bonds. The van der Waals surface area contributed by atoms with Crippen molar-refractivity contribution < 1.29 is 4.84 Å². The van der Waals surface area contributed by atoms with E-state index < -0.39 is 0 Å². The first-order valence-electron chi connectivity index (χ1n) is 4.14. The van der Waals surface area contributed by atoms with Crippen LogP contribution in [0.4, 0.5) is 0 Å². The first-order chi connectivity index (χ1) is 5.36. The summed E-state index contributed by atoms with van der Waals surface area (Å²) in [4.78, 5) is 5.15. The maximum atomic E-state index is 5.15. The quantitative estimate of drug-likeness (QED) is 0.667. The Hall–Kier alpha value is -0.0500. The van der Waals surface area contributed by atoms with Gasteiger partial charge >= 0.3 is 0 Å². The number of rotatable bonds is 4. The van der Waals surface area contributed by atoms with Crippen molar-refractivity contribution >= 4 is 21.6 Å². The number of hydrogen-bond donors (Lipinski definition) is 0. The van der Waals surface area contributed by atoms with Crippen LogP contribution in [-0.4, -0.2) is 17.1 Å². The zero-order valence-electron chi connectivity index (χ0n) is 6.85. The molecule has 0 aromatic rings. The summed E-state index contributed by atoms with van der Waals surface area (Å²) in [5.41, 5.74) is 1.23. The second kappa shape index (κ2) is 4.75. The number of unbranched alkanes of at least 4 members (excludes halogenated alkanes) is 1. The molecule has 64 valence electrons. The van der Waals surface area contributed by atoms with Crippen LogP contribution in [0.3, 0.4) is 0 Å². The molecule has 0 saturated heterocycles. The molecule has 1 heterocycles. The monoisotopic (exact) mass is 219 g/mol. The Morgan fingerprint density at radius 1 is 1.73 bits per heavy atom. The molecule has 1 unspecified atom stereocenters. The number of nitrogens with zero attached hydrogens (tertiary/aromatic N) is 1. The molecule has 1 aliphatic heterocycles. The van der Waals surface area contributed by atoms with Crippen molar-refractivity contribution in [2.75, 3.05) is 5.33 Å². The molecule has 0 fully saturated rings. The number of halogens is 1. The van der Waals surface area contributed by atoms with Crippen LogP contribution in [-0.2, 0) is 4.84 Å². The molecule has 2 nitrogen and oxygen atoms in total. The van der Waals surface area contributed by atoms with Crippen molar-refractivity contribution in [2.24, 2.45) is 5.16 Å². The van der Waals surface area contributed by atoms with Crippen molar-refractivity contribution in [3.05, 3.63) is 0 Å². The van der Waals surface area contributed by atoms with Crippen LogP contribution in [0.5, 0.6) is 0 Å². The molecule has 0 aromatic heterocycles. The summed E-state index contributed by atoms with van der Waals surface area (Å²) in [5.74, 6) is 0. The molecule has 0 bridgehead atoms. The van der Waals surface area contributed by atoms with E-state index in [9.17, 15) is 0 Å². The summed E-state index contributed by atoms with van der Waals surface area (Å²) < 4.78 is 0. The molecule has 0 N–H and O–H groups in total. The highest BCUT2D eigenvalue weighted by atomic mass is 79.9. The Balaban J connectivity index is 2.17. The standard InChI is InChI=1S/C8H14BrNO/c1-2-3-4-7-5-8(6-9)11-10-7/h8H,2-6H2,1H3. The molecule has 3 heteroatoms. The predicted molar refractivity (Wildman–Crippen MR) is 50.2 cm³/mol. The summed E-state index contributed by atoms with van der Waals surface area (Å²) in [5, 5.41) is 4.91.